The molecule has 3 unspecified atom stereocenters. The van der Waals surface area contributed by atoms with Crippen molar-refractivity contribution in [2.45, 2.75) is 91.6 Å². The summed E-state index contributed by atoms with van der Waals surface area (Å²) in [5, 5.41) is 10.2. The molecule has 0 aromatic rings. The summed E-state index contributed by atoms with van der Waals surface area (Å²) in [6, 6.07) is 0. The maximum atomic E-state index is 10.2. The van der Waals surface area contributed by atoms with Crippen LogP contribution < -0.4 is 0 Å². The first-order chi connectivity index (χ1) is 12.4. The van der Waals surface area contributed by atoms with Crippen LogP contribution in [0.5, 0.6) is 0 Å². The summed E-state index contributed by atoms with van der Waals surface area (Å²) >= 11 is 0. The van der Waals surface area contributed by atoms with Gasteiger partial charge in [-0.1, -0.05) is 51.5 Å². The van der Waals surface area contributed by atoms with Crippen LogP contribution in [0, 0.1) is 40.4 Å². The Labute approximate surface area is 161 Å². The number of aliphatic hydroxyl groups excluding tert-OH is 1. The lowest BCUT2D eigenvalue weighted by Gasteiger charge is -2.58. The molecule has 0 heterocycles. The predicted octanol–water partition coefficient (Wildman–Crippen LogP) is 6.53. The fourth-order valence-electron chi connectivity index (χ4n) is 8.03. The molecule has 4 aliphatic carbocycles. The molecule has 1 nitrogen and oxygen atoms in total. The molecule has 26 heavy (non-hydrogen) atoms. The summed E-state index contributed by atoms with van der Waals surface area (Å²) < 4.78 is 0. The maximum absolute atomic E-state index is 10.2. The average molecular weight is 357 g/mol. The van der Waals surface area contributed by atoms with Crippen molar-refractivity contribution in [3.63, 3.8) is 0 Å². The van der Waals surface area contributed by atoms with E-state index in [1.165, 1.54) is 44.9 Å². The van der Waals surface area contributed by atoms with Gasteiger partial charge < -0.3 is 5.11 Å². The zero-order valence-electron chi connectivity index (χ0n) is 17.5. The van der Waals surface area contributed by atoms with Gasteiger partial charge in [-0.15, -0.1) is 0 Å². The highest BCUT2D eigenvalue weighted by atomic mass is 16.3. The largest absolute Gasteiger partial charge is 0.393 e. The third kappa shape index (κ3) is 2.76. The Kier molecular flexibility index (Phi) is 4.91. The standard InChI is InChI=1S/C25H40O/c1-5-6-7-17(2)21-10-11-22-20-9-8-18-16-19(26)12-14-24(18,3)23(20)13-15-25(21,22)4/h6-8,17,19-23,26H,5,9-16H2,1-4H3/t17-,19+,20?,21-,22?,23?,24+,25-/m1/s1. The lowest BCUT2D eigenvalue weighted by molar-refractivity contribution is -0.0540. The Balaban J connectivity index is 1.59. The van der Waals surface area contributed by atoms with Gasteiger partial charge in [0, 0.05) is 0 Å². The van der Waals surface area contributed by atoms with E-state index in [-0.39, 0.29) is 6.10 Å². The SMILES string of the molecule is CCC=C[C@@H](C)[C@H]1CCC2C3CC=C4C[C@@H](O)CC[C@]4(C)C3CC[C@@]21C. The van der Waals surface area contributed by atoms with E-state index in [2.05, 4.69) is 45.9 Å². The molecule has 0 amide bonds. The van der Waals surface area contributed by atoms with Crippen LogP contribution in [0.25, 0.3) is 0 Å². The normalized spacial score (nSPS) is 49.3. The molecule has 0 saturated heterocycles. The smallest absolute Gasteiger partial charge is 0.0577 e. The number of fused-ring (bicyclic) bond motifs is 5. The molecule has 3 fully saturated rings. The molecule has 0 aliphatic heterocycles. The first kappa shape index (κ1) is 18.8. The Hall–Kier alpha value is -0.560. The summed E-state index contributed by atoms with van der Waals surface area (Å²) in [5.74, 6) is 4.29. The monoisotopic (exact) mass is 356 g/mol. The van der Waals surface area contributed by atoms with Gasteiger partial charge in [-0.05, 0) is 98.2 Å². The molecule has 146 valence electrons. The molecule has 3 saturated carbocycles. The molecule has 0 aromatic carbocycles. The molecular formula is C25H40O. The van der Waals surface area contributed by atoms with Gasteiger partial charge in [0.1, 0.15) is 0 Å². The quantitative estimate of drug-likeness (QED) is 0.570. The third-order valence-electron chi connectivity index (χ3n) is 9.46. The zero-order chi connectivity index (χ0) is 18.5. The minimum absolute atomic E-state index is 0.0817. The molecule has 8 atom stereocenters. The fourth-order valence-corrected chi connectivity index (χ4v) is 8.03. The average Bonchev–Trinajstić information content (AvgIpc) is 2.97. The molecule has 0 bridgehead atoms. The number of rotatable bonds is 3. The van der Waals surface area contributed by atoms with E-state index in [9.17, 15) is 5.11 Å². The van der Waals surface area contributed by atoms with Crippen LogP contribution in [0.3, 0.4) is 0 Å². The molecular weight excluding hydrogens is 316 g/mol. The summed E-state index contributed by atoms with van der Waals surface area (Å²) in [6.07, 6.45) is 18.7. The Morgan fingerprint density at radius 3 is 2.73 bits per heavy atom. The van der Waals surface area contributed by atoms with Crippen molar-refractivity contribution in [3.05, 3.63) is 23.8 Å². The van der Waals surface area contributed by atoms with Crippen molar-refractivity contribution in [1.29, 1.82) is 0 Å². The van der Waals surface area contributed by atoms with Gasteiger partial charge in [0.2, 0.25) is 0 Å². The van der Waals surface area contributed by atoms with Crippen molar-refractivity contribution in [3.8, 4) is 0 Å². The van der Waals surface area contributed by atoms with E-state index in [1.807, 2.05) is 0 Å². The molecule has 0 aromatic heterocycles. The van der Waals surface area contributed by atoms with Crippen LogP contribution in [0.4, 0.5) is 0 Å². The van der Waals surface area contributed by atoms with Crippen molar-refractivity contribution in [1.82, 2.24) is 0 Å². The van der Waals surface area contributed by atoms with Gasteiger partial charge in [-0.2, -0.15) is 0 Å². The first-order valence-electron chi connectivity index (χ1n) is 11.4. The highest BCUT2D eigenvalue weighted by Gasteiger charge is 2.58. The van der Waals surface area contributed by atoms with E-state index >= 15 is 0 Å². The topological polar surface area (TPSA) is 20.2 Å². The van der Waals surface area contributed by atoms with Gasteiger partial charge in [0.15, 0.2) is 0 Å². The summed E-state index contributed by atoms with van der Waals surface area (Å²) in [4.78, 5) is 0. The zero-order valence-corrected chi connectivity index (χ0v) is 17.5. The molecule has 1 N–H and O–H groups in total. The van der Waals surface area contributed by atoms with Crippen LogP contribution in [0.1, 0.15) is 85.5 Å². The molecule has 4 aliphatic rings. The number of hydrogen-bond acceptors (Lipinski definition) is 1. The van der Waals surface area contributed by atoms with E-state index in [0.717, 1.165) is 42.4 Å². The van der Waals surface area contributed by atoms with E-state index in [4.69, 9.17) is 0 Å². The van der Waals surface area contributed by atoms with Gasteiger partial charge in [-0.3, -0.25) is 0 Å². The first-order valence-corrected chi connectivity index (χ1v) is 11.4. The van der Waals surface area contributed by atoms with Crippen molar-refractivity contribution < 1.29 is 5.11 Å². The summed E-state index contributed by atoms with van der Waals surface area (Å²) in [5.41, 5.74) is 2.54. The van der Waals surface area contributed by atoms with E-state index < -0.39 is 0 Å². The molecule has 1 heteroatoms. The minimum atomic E-state index is -0.0817. The second-order valence-corrected chi connectivity index (χ2v) is 10.6. The lowest BCUT2D eigenvalue weighted by atomic mass is 9.47. The summed E-state index contributed by atoms with van der Waals surface area (Å²) in [6.45, 7) is 9.91. The third-order valence-corrected chi connectivity index (χ3v) is 9.46. The fraction of sp³-hybridized carbons (Fsp3) is 0.840. The Morgan fingerprint density at radius 2 is 1.96 bits per heavy atom. The highest BCUT2D eigenvalue weighted by Crippen LogP contribution is 2.67. The van der Waals surface area contributed by atoms with Crippen LogP contribution in [0.2, 0.25) is 0 Å². The second-order valence-electron chi connectivity index (χ2n) is 10.6. The van der Waals surface area contributed by atoms with Gasteiger partial charge in [-0.25, -0.2) is 0 Å². The van der Waals surface area contributed by atoms with Crippen LogP contribution in [-0.2, 0) is 0 Å². The van der Waals surface area contributed by atoms with Gasteiger partial charge in [0.05, 0.1) is 6.10 Å². The number of aliphatic hydroxyl groups is 1. The van der Waals surface area contributed by atoms with Gasteiger partial charge >= 0.3 is 0 Å². The summed E-state index contributed by atoms with van der Waals surface area (Å²) in [7, 11) is 0. The van der Waals surface area contributed by atoms with E-state index in [0.29, 0.717) is 10.8 Å². The van der Waals surface area contributed by atoms with Crippen LogP contribution in [0.15, 0.2) is 23.8 Å². The number of hydrogen-bond donors (Lipinski definition) is 1. The molecule has 0 radical (unpaired) electrons. The van der Waals surface area contributed by atoms with Crippen LogP contribution in [-0.4, -0.2) is 11.2 Å². The maximum Gasteiger partial charge on any atom is 0.0577 e. The van der Waals surface area contributed by atoms with Crippen molar-refractivity contribution in [2.24, 2.45) is 40.4 Å². The second kappa shape index (κ2) is 6.80. The van der Waals surface area contributed by atoms with Crippen molar-refractivity contribution >= 4 is 0 Å². The highest BCUT2D eigenvalue weighted by molar-refractivity contribution is 5.25. The van der Waals surface area contributed by atoms with E-state index in [1.54, 1.807) is 5.57 Å². The lowest BCUT2D eigenvalue weighted by Crippen LogP contribution is -2.50. The van der Waals surface area contributed by atoms with Crippen LogP contribution >= 0.6 is 0 Å². The minimum Gasteiger partial charge on any atom is -0.393 e. The Morgan fingerprint density at radius 1 is 1.15 bits per heavy atom. The number of allylic oxidation sites excluding steroid dienone is 3. The molecule has 0 spiro atoms. The van der Waals surface area contributed by atoms with Crippen molar-refractivity contribution in [2.75, 3.05) is 0 Å². The van der Waals surface area contributed by atoms with Gasteiger partial charge in [0.25, 0.3) is 0 Å². The molecule has 4 rings (SSSR count). The predicted molar refractivity (Wildman–Crippen MR) is 110 cm³/mol. The Bertz CT molecular complexity index is 589.